The fourth-order valence-electron chi connectivity index (χ4n) is 1.87. The first-order chi connectivity index (χ1) is 10.7. The highest BCUT2D eigenvalue weighted by atomic mass is 32.1. The second-order valence-corrected chi connectivity index (χ2v) is 5.18. The standard InChI is InChI=1S/C15H11F5N2S/c1-6-4-3-5-8(7(6)2)21-15(23)22-14-12(19)10(17)9(16)11(18)13(14)20/h3-5H,1-2H3,(H2,21,22,23). The summed E-state index contributed by atoms with van der Waals surface area (Å²) in [5.74, 6) is -10.3. The van der Waals surface area contributed by atoms with E-state index in [0.717, 1.165) is 11.1 Å². The molecule has 0 fully saturated rings. The zero-order valence-corrected chi connectivity index (χ0v) is 12.8. The molecule has 0 atom stereocenters. The number of halogens is 5. The molecule has 2 rings (SSSR count). The Bertz CT molecular complexity index is 763. The summed E-state index contributed by atoms with van der Waals surface area (Å²) in [7, 11) is 0. The van der Waals surface area contributed by atoms with Crippen LogP contribution in [0.25, 0.3) is 0 Å². The van der Waals surface area contributed by atoms with Crippen LogP contribution in [0.5, 0.6) is 0 Å². The van der Waals surface area contributed by atoms with Gasteiger partial charge in [-0.2, -0.15) is 0 Å². The highest BCUT2D eigenvalue weighted by Crippen LogP contribution is 2.27. The van der Waals surface area contributed by atoms with E-state index in [9.17, 15) is 22.0 Å². The second kappa shape index (κ2) is 6.49. The Labute approximate surface area is 134 Å². The van der Waals surface area contributed by atoms with E-state index in [1.807, 2.05) is 18.3 Å². The molecule has 0 unspecified atom stereocenters. The van der Waals surface area contributed by atoms with Crippen molar-refractivity contribution in [1.29, 1.82) is 0 Å². The van der Waals surface area contributed by atoms with Crippen LogP contribution in [0.3, 0.4) is 0 Å². The van der Waals surface area contributed by atoms with Crippen LogP contribution < -0.4 is 10.6 Å². The number of thiocarbonyl (C=S) groups is 1. The average molecular weight is 346 g/mol. The van der Waals surface area contributed by atoms with Crippen molar-refractivity contribution in [3.8, 4) is 0 Å². The van der Waals surface area contributed by atoms with Gasteiger partial charge in [-0.05, 0) is 43.3 Å². The number of hydrogen-bond donors (Lipinski definition) is 2. The molecule has 0 saturated heterocycles. The van der Waals surface area contributed by atoms with Crippen molar-refractivity contribution in [3.05, 3.63) is 58.4 Å². The van der Waals surface area contributed by atoms with E-state index < -0.39 is 34.8 Å². The Morgan fingerprint density at radius 3 is 1.91 bits per heavy atom. The summed E-state index contributed by atoms with van der Waals surface area (Å²) < 4.78 is 66.4. The number of nitrogens with one attached hydrogen (secondary N) is 2. The van der Waals surface area contributed by atoms with Gasteiger partial charge in [0, 0.05) is 5.69 Å². The Morgan fingerprint density at radius 2 is 1.35 bits per heavy atom. The van der Waals surface area contributed by atoms with E-state index in [-0.39, 0.29) is 5.11 Å². The molecule has 0 spiro atoms. The number of anilines is 2. The van der Waals surface area contributed by atoms with Gasteiger partial charge in [0.15, 0.2) is 28.4 Å². The molecule has 0 saturated carbocycles. The third-order valence-corrected chi connectivity index (χ3v) is 3.51. The lowest BCUT2D eigenvalue weighted by atomic mass is 10.1. The zero-order valence-electron chi connectivity index (χ0n) is 12.0. The van der Waals surface area contributed by atoms with Crippen molar-refractivity contribution < 1.29 is 22.0 Å². The molecule has 0 aliphatic carbocycles. The van der Waals surface area contributed by atoms with Crippen molar-refractivity contribution in [3.63, 3.8) is 0 Å². The molecule has 2 aromatic rings. The lowest BCUT2D eigenvalue weighted by molar-refractivity contribution is 0.382. The normalized spacial score (nSPS) is 10.6. The number of hydrogen-bond acceptors (Lipinski definition) is 1. The minimum Gasteiger partial charge on any atom is -0.332 e. The molecule has 8 heteroatoms. The quantitative estimate of drug-likeness (QED) is 0.353. The van der Waals surface area contributed by atoms with Crippen molar-refractivity contribution in [2.45, 2.75) is 13.8 Å². The summed E-state index contributed by atoms with van der Waals surface area (Å²) in [4.78, 5) is 0. The van der Waals surface area contributed by atoms with Gasteiger partial charge in [0.25, 0.3) is 0 Å². The Kier molecular flexibility index (Phi) is 4.84. The minimum atomic E-state index is -2.22. The fraction of sp³-hybridized carbons (Fsp3) is 0.133. The molecule has 2 aromatic carbocycles. The van der Waals surface area contributed by atoms with E-state index >= 15 is 0 Å². The molecule has 2 N–H and O–H groups in total. The Balaban J connectivity index is 2.30. The molecule has 0 aliphatic rings. The SMILES string of the molecule is Cc1cccc(NC(=S)Nc2c(F)c(F)c(F)c(F)c2F)c1C. The predicted octanol–water partition coefficient (Wildman–Crippen LogP) is 4.81. The van der Waals surface area contributed by atoms with Crippen LogP contribution in [0.2, 0.25) is 0 Å². The van der Waals surface area contributed by atoms with Crippen LogP contribution in [-0.2, 0) is 0 Å². The van der Waals surface area contributed by atoms with Crippen LogP contribution in [0.1, 0.15) is 11.1 Å². The van der Waals surface area contributed by atoms with Crippen molar-refractivity contribution in [2.24, 2.45) is 0 Å². The molecular formula is C15H11F5N2S. The first-order valence-electron chi connectivity index (χ1n) is 6.39. The highest BCUT2D eigenvalue weighted by molar-refractivity contribution is 7.80. The molecule has 0 amide bonds. The molecular weight excluding hydrogens is 335 g/mol. The molecule has 0 radical (unpaired) electrons. The van der Waals surface area contributed by atoms with Crippen LogP contribution >= 0.6 is 12.2 Å². The average Bonchev–Trinajstić information content (AvgIpc) is 2.52. The van der Waals surface area contributed by atoms with Gasteiger partial charge >= 0.3 is 0 Å². The lowest BCUT2D eigenvalue weighted by Gasteiger charge is -2.15. The first kappa shape index (κ1) is 17.1. The number of aryl methyl sites for hydroxylation is 1. The van der Waals surface area contributed by atoms with Gasteiger partial charge in [0.1, 0.15) is 5.69 Å². The summed E-state index contributed by atoms with van der Waals surface area (Å²) in [6.07, 6.45) is 0. The van der Waals surface area contributed by atoms with Gasteiger partial charge in [-0.15, -0.1) is 0 Å². The highest BCUT2D eigenvalue weighted by Gasteiger charge is 2.26. The maximum atomic E-state index is 13.6. The van der Waals surface area contributed by atoms with Crippen molar-refractivity contribution in [2.75, 3.05) is 10.6 Å². The molecule has 0 heterocycles. The van der Waals surface area contributed by atoms with Crippen LogP contribution in [0.15, 0.2) is 18.2 Å². The summed E-state index contributed by atoms with van der Waals surface area (Å²) in [5, 5.41) is 4.36. The van der Waals surface area contributed by atoms with Crippen LogP contribution in [-0.4, -0.2) is 5.11 Å². The fourth-order valence-corrected chi connectivity index (χ4v) is 2.08. The van der Waals surface area contributed by atoms with Crippen LogP contribution in [0, 0.1) is 42.9 Å². The Hall–Kier alpha value is -2.22. The first-order valence-corrected chi connectivity index (χ1v) is 6.80. The zero-order chi connectivity index (χ0) is 17.3. The smallest absolute Gasteiger partial charge is 0.200 e. The van der Waals surface area contributed by atoms with Gasteiger partial charge < -0.3 is 10.6 Å². The summed E-state index contributed by atoms with van der Waals surface area (Å²) in [6, 6.07) is 5.24. The topological polar surface area (TPSA) is 24.1 Å². The molecule has 122 valence electrons. The molecule has 23 heavy (non-hydrogen) atoms. The van der Waals surface area contributed by atoms with Crippen LogP contribution in [0.4, 0.5) is 33.3 Å². The predicted molar refractivity (Wildman–Crippen MR) is 82.0 cm³/mol. The molecule has 2 nitrogen and oxygen atoms in total. The molecule has 0 aromatic heterocycles. The van der Waals surface area contributed by atoms with E-state index in [1.54, 1.807) is 19.1 Å². The largest absolute Gasteiger partial charge is 0.332 e. The maximum absolute atomic E-state index is 13.6. The van der Waals surface area contributed by atoms with Gasteiger partial charge in [-0.3, -0.25) is 0 Å². The maximum Gasteiger partial charge on any atom is 0.200 e. The molecule has 0 bridgehead atoms. The minimum absolute atomic E-state index is 0.304. The molecule has 0 aliphatic heterocycles. The van der Waals surface area contributed by atoms with E-state index in [4.69, 9.17) is 12.2 Å². The summed E-state index contributed by atoms with van der Waals surface area (Å²) in [6.45, 7) is 3.64. The number of benzene rings is 2. The van der Waals surface area contributed by atoms with Crippen molar-refractivity contribution >= 4 is 28.7 Å². The monoisotopic (exact) mass is 346 g/mol. The van der Waals surface area contributed by atoms with Gasteiger partial charge in [-0.25, -0.2) is 22.0 Å². The van der Waals surface area contributed by atoms with Crippen molar-refractivity contribution in [1.82, 2.24) is 0 Å². The lowest BCUT2D eigenvalue weighted by Crippen LogP contribution is -2.22. The van der Waals surface area contributed by atoms with Gasteiger partial charge in [0.2, 0.25) is 5.82 Å². The van der Waals surface area contributed by atoms with E-state index in [0.29, 0.717) is 5.69 Å². The van der Waals surface area contributed by atoms with E-state index in [1.165, 1.54) is 0 Å². The van der Waals surface area contributed by atoms with E-state index in [2.05, 4.69) is 5.32 Å². The Morgan fingerprint density at radius 1 is 0.826 bits per heavy atom. The number of rotatable bonds is 2. The van der Waals surface area contributed by atoms with Gasteiger partial charge in [0.05, 0.1) is 0 Å². The summed E-state index contributed by atoms with van der Waals surface area (Å²) in [5.41, 5.74) is 1.11. The second-order valence-electron chi connectivity index (χ2n) is 4.77. The summed E-state index contributed by atoms with van der Waals surface area (Å²) >= 11 is 4.87. The van der Waals surface area contributed by atoms with Gasteiger partial charge in [-0.1, -0.05) is 12.1 Å². The third kappa shape index (κ3) is 3.26. The third-order valence-electron chi connectivity index (χ3n) is 3.30.